The van der Waals surface area contributed by atoms with Gasteiger partial charge in [0.15, 0.2) is 0 Å². The normalized spacial score (nSPS) is 16.0. The highest BCUT2D eigenvalue weighted by Gasteiger charge is 2.37. The largest absolute Gasteiger partial charge is 0.478 e. The fourth-order valence-electron chi connectivity index (χ4n) is 3.41. The number of nitrogens with one attached hydrogen (secondary N) is 1. The first-order chi connectivity index (χ1) is 12.5. The summed E-state index contributed by atoms with van der Waals surface area (Å²) in [6.45, 7) is 10.1. The van der Waals surface area contributed by atoms with Crippen LogP contribution in [0.1, 0.15) is 30.9 Å². The van der Waals surface area contributed by atoms with Crippen LogP contribution in [0.4, 0.5) is 0 Å². The molecule has 144 valence electrons. The molecule has 0 saturated heterocycles. The minimum atomic E-state index is -1.35. The Morgan fingerprint density at radius 1 is 1.04 bits per heavy atom. The van der Waals surface area contributed by atoms with Crippen LogP contribution in [0.15, 0.2) is 58.6 Å². The van der Waals surface area contributed by atoms with Gasteiger partial charge < -0.3 is 15.5 Å². The van der Waals surface area contributed by atoms with Crippen molar-refractivity contribution < 1.29 is 19.8 Å². The van der Waals surface area contributed by atoms with E-state index < -0.39 is 25.9 Å². The molecule has 0 aromatic heterocycles. The number of benzene rings is 1. The van der Waals surface area contributed by atoms with E-state index in [1.54, 1.807) is 13.8 Å². The summed E-state index contributed by atoms with van der Waals surface area (Å²) in [4.78, 5) is 23.9. The van der Waals surface area contributed by atoms with Gasteiger partial charge in [0.1, 0.15) is 0 Å². The maximum atomic E-state index is 12.0. The molecule has 0 unspecified atom stereocenters. The van der Waals surface area contributed by atoms with E-state index in [4.69, 9.17) is 0 Å². The zero-order valence-corrected chi connectivity index (χ0v) is 17.5. The second kappa shape index (κ2) is 7.96. The topological polar surface area (TPSA) is 86.6 Å². The van der Waals surface area contributed by atoms with E-state index in [0.717, 1.165) is 11.1 Å². The summed E-state index contributed by atoms with van der Waals surface area (Å²) in [6.07, 6.45) is 2.75. The zero-order valence-electron chi connectivity index (χ0n) is 16.5. The van der Waals surface area contributed by atoms with Crippen LogP contribution in [-0.4, -0.2) is 30.2 Å². The summed E-state index contributed by atoms with van der Waals surface area (Å²) >= 11 is 0. The van der Waals surface area contributed by atoms with Gasteiger partial charge in [0.2, 0.25) is 0 Å². The predicted molar refractivity (Wildman–Crippen MR) is 109 cm³/mol. The monoisotopic (exact) mass is 385 g/mol. The molecule has 0 spiro atoms. The van der Waals surface area contributed by atoms with Gasteiger partial charge in [-0.2, -0.15) is 0 Å². The number of allylic oxidation sites excluding steroid dienone is 3. The molecule has 27 heavy (non-hydrogen) atoms. The lowest BCUT2D eigenvalue weighted by molar-refractivity contribution is -0.133. The lowest BCUT2D eigenvalue weighted by Gasteiger charge is -2.30. The Balaban J connectivity index is 2.61. The number of carboxylic acids is 2. The van der Waals surface area contributed by atoms with Crippen molar-refractivity contribution in [3.05, 3.63) is 69.7 Å². The van der Waals surface area contributed by atoms with Crippen LogP contribution < -0.4 is 5.32 Å². The fraction of sp³-hybridized carbons (Fsp3) is 0.333. The van der Waals surface area contributed by atoms with Gasteiger partial charge in [-0.15, -0.1) is 0 Å². The third-order valence-corrected chi connectivity index (χ3v) is 5.78. The van der Waals surface area contributed by atoms with E-state index in [9.17, 15) is 19.8 Å². The second-order valence-electron chi connectivity index (χ2n) is 7.92. The molecule has 5 nitrogen and oxygen atoms in total. The van der Waals surface area contributed by atoms with Gasteiger partial charge in [-0.1, -0.05) is 55.7 Å². The first-order valence-electron chi connectivity index (χ1n) is 8.93. The zero-order chi connectivity index (χ0) is 20.4. The molecule has 0 bridgehead atoms. The third-order valence-electron chi connectivity index (χ3n) is 4.54. The SMILES string of the molecule is CC1=C(C(=O)O)C(c2ccccc2CC=C[Si](C)(C)C)C(C(=O)O)=C(C)N1. The lowest BCUT2D eigenvalue weighted by Crippen LogP contribution is -2.31. The molecule has 0 fully saturated rings. The molecule has 0 radical (unpaired) electrons. The van der Waals surface area contributed by atoms with Crippen LogP contribution in [0.5, 0.6) is 0 Å². The van der Waals surface area contributed by atoms with Crippen LogP contribution in [0.3, 0.4) is 0 Å². The van der Waals surface area contributed by atoms with Crippen molar-refractivity contribution in [2.75, 3.05) is 0 Å². The molecule has 2 rings (SSSR count). The van der Waals surface area contributed by atoms with Gasteiger partial charge in [0.25, 0.3) is 0 Å². The van der Waals surface area contributed by atoms with Gasteiger partial charge in [-0.3, -0.25) is 0 Å². The molecule has 1 heterocycles. The molecule has 6 heteroatoms. The van der Waals surface area contributed by atoms with Gasteiger partial charge in [-0.05, 0) is 31.4 Å². The van der Waals surface area contributed by atoms with Gasteiger partial charge in [0, 0.05) is 11.4 Å². The van der Waals surface area contributed by atoms with Crippen molar-refractivity contribution in [3.63, 3.8) is 0 Å². The third kappa shape index (κ3) is 4.77. The maximum Gasteiger partial charge on any atom is 0.334 e. The van der Waals surface area contributed by atoms with Crippen molar-refractivity contribution in [1.82, 2.24) is 5.32 Å². The van der Waals surface area contributed by atoms with Crippen molar-refractivity contribution in [3.8, 4) is 0 Å². The standard InChI is InChI=1S/C21H27NO4Si/c1-13-17(20(23)24)19(18(21(25)26)14(2)22-13)16-11-7-6-9-15(16)10-8-12-27(3,4)5/h6-9,11-12,19,22H,10H2,1-5H3,(H,23,24)(H,25,26). The van der Waals surface area contributed by atoms with Gasteiger partial charge >= 0.3 is 11.9 Å². The van der Waals surface area contributed by atoms with Crippen molar-refractivity contribution in [2.45, 2.75) is 45.8 Å². The molecule has 0 saturated carbocycles. The van der Waals surface area contributed by atoms with Gasteiger partial charge in [-0.25, -0.2) is 9.59 Å². The van der Waals surface area contributed by atoms with E-state index >= 15 is 0 Å². The summed E-state index contributed by atoms with van der Waals surface area (Å²) in [7, 11) is -1.35. The first kappa shape index (κ1) is 20.7. The summed E-state index contributed by atoms with van der Waals surface area (Å²) < 4.78 is 0. The van der Waals surface area contributed by atoms with E-state index in [0.29, 0.717) is 17.8 Å². The summed E-state index contributed by atoms with van der Waals surface area (Å²) in [5.41, 5.74) is 5.03. The molecule has 1 aromatic rings. The molecule has 0 aliphatic carbocycles. The Labute approximate surface area is 161 Å². The molecule has 1 aliphatic heterocycles. The number of carbonyl (C=O) groups is 2. The Kier molecular flexibility index (Phi) is 6.10. The number of rotatable bonds is 6. The first-order valence-corrected chi connectivity index (χ1v) is 12.5. The van der Waals surface area contributed by atoms with Crippen LogP contribution >= 0.6 is 0 Å². The van der Waals surface area contributed by atoms with E-state index in [1.165, 1.54) is 0 Å². The Hall–Kier alpha value is -2.60. The molecule has 0 amide bonds. The number of hydrogen-bond donors (Lipinski definition) is 3. The quantitative estimate of drug-likeness (QED) is 0.643. The summed E-state index contributed by atoms with van der Waals surface area (Å²) in [6, 6.07) is 7.50. The molecule has 1 aromatic carbocycles. The van der Waals surface area contributed by atoms with Gasteiger partial charge in [0.05, 0.1) is 25.1 Å². The Morgan fingerprint density at radius 2 is 1.56 bits per heavy atom. The minimum absolute atomic E-state index is 0.0830. The molecular weight excluding hydrogens is 358 g/mol. The van der Waals surface area contributed by atoms with E-state index in [2.05, 4.69) is 36.7 Å². The van der Waals surface area contributed by atoms with Crippen molar-refractivity contribution in [1.29, 1.82) is 0 Å². The predicted octanol–water partition coefficient (Wildman–Crippen LogP) is 4.07. The van der Waals surface area contributed by atoms with Crippen LogP contribution in [-0.2, 0) is 16.0 Å². The molecular formula is C21H27NO4Si. The maximum absolute atomic E-state index is 12.0. The van der Waals surface area contributed by atoms with Crippen molar-refractivity contribution >= 4 is 20.0 Å². The molecule has 0 atom stereocenters. The second-order valence-corrected chi connectivity index (χ2v) is 13.0. The van der Waals surface area contributed by atoms with Crippen LogP contribution in [0.25, 0.3) is 0 Å². The average Bonchev–Trinajstić information content (AvgIpc) is 2.52. The summed E-state index contributed by atoms with van der Waals surface area (Å²) in [5, 5.41) is 22.5. The number of carboxylic acid groups (broad SMARTS) is 2. The number of hydrogen-bond acceptors (Lipinski definition) is 3. The highest BCUT2D eigenvalue weighted by molar-refractivity contribution is 6.80. The average molecular weight is 386 g/mol. The van der Waals surface area contributed by atoms with E-state index in [1.807, 2.05) is 24.3 Å². The van der Waals surface area contributed by atoms with Crippen LogP contribution in [0.2, 0.25) is 19.6 Å². The summed E-state index contributed by atoms with van der Waals surface area (Å²) in [5.74, 6) is -3.02. The highest BCUT2D eigenvalue weighted by Crippen LogP contribution is 2.39. The number of dihydropyridines is 1. The fourth-order valence-corrected chi connectivity index (χ4v) is 4.24. The highest BCUT2D eigenvalue weighted by atomic mass is 28.3. The molecule has 3 N–H and O–H groups in total. The Bertz CT molecular complexity index is 823. The minimum Gasteiger partial charge on any atom is -0.478 e. The number of aliphatic carboxylic acids is 2. The smallest absolute Gasteiger partial charge is 0.334 e. The molecule has 1 aliphatic rings. The van der Waals surface area contributed by atoms with Crippen molar-refractivity contribution in [2.24, 2.45) is 0 Å². The Morgan fingerprint density at radius 3 is 2.04 bits per heavy atom. The van der Waals surface area contributed by atoms with Crippen LogP contribution in [0, 0.1) is 0 Å². The lowest BCUT2D eigenvalue weighted by atomic mass is 9.78. The van der Waals surface area contributed by atoms with E-state index in [-0.39, 0.29) is 11.1 Å².